The Bertz CT molecular complexity index is 2080. The van der Waals surface area contributed by atoms with E-state index < -0.39 is 75.8 Å². The molecule has 2 aliphatic heterocycles. The maximum absolute atomic E-state index is 15.0. The SMILES string of the molecule is CC(=O)OC1S[C@H](COC(=O)c2ccc(C)cc2)[C@@H](OC(=O)c2ccc(C)cc2)[C@@H]1F.Cc1ccc(C(=O)OC[C@H]2SC(O)[C@@H](F)[C@@H]2OC(=O)c2ccc(C)cc2)cc1. The van der Waals surface area contributed by atoms with Crippen LogP contribution in [0.3, 0.4) is 0 Å². The lowest BCUT2D eigenvalue weighted by molar-refractivity contribution is -0.145. The number of hydrogen-bond acceptors (Lipinski definition) is 13. The van der Waals surface area contributed by atoms with Gasteiger partial charge in [-0.1, -0.05) is 70.8 Å². The second-order valence-corrected chi connectivity index (χ2v) is 16.7. The largest absolute Gasteiger partial charge is 0.461 e. The summed E-state index contributed by atoms with van der Waals surface area (Å²) in [7, 11) is 0. The first kappa shape index (κ1) is 44.8. The molecule has 0 amide bonds. The van der Waals surface area contributed by atoms with Gasteiger partial charge in [-0.15, -0.1) is 23.5 Å². The number of esters is 5. The summed E-state index contributed by atoms with van der Waals surface area (Å²) in [6, 6.07) is 27.0. The van der Waals surface area contributed by atoms with Gasteiger partial charge in [-0.3, -0.25) is 4.79 Å². The monoisotopic (exact) mass is 850 g/mol. The van der Waals surface area contributed by atoms with Crippen molar-refractivity contribution in [1.29, 1.82) is 0 Å². The van der Waals surface area contributed by atoms with E-state index >= 15 is 0 Å². The van der Waals surface area contributed by atoms with Crippen LogP contribution < -0.4 is 0 Å². The molecule has 2 aliphatic rings. The molecule has 0 bridgehead atoms. The lowest BCUT2D eigenvalue weighted by atomic mass is 10.1. The molecule has 2 unspecified atom stereocenters. The van der Waals surface area contributed by atoms with Gasteiger partial charge in [-0.05, 0) is 76.2 Å². The number of benzene rings is 4. The first-order chi connectivity index (χ1) is 28.1. The third kappa shape index (κ3) is 12.4. The normalized spacial score (nSPS) is 23.3. The van der Waals surface area contributed by atoms with Gasteiger partial charge in [0.15, 0.2) is 30.0 Å². The summed E-state index contributed by atoms with van der Waals surface area (Å²) in [6.07, 6.45) is -5.97. The molecule has 15 heteroatoms. The molecule has 312 valence electrons. The fourth-order valence-electron chi connectivity index (χ4n) is 5.81. The van der Waals surface area contributed by atoms with Crippen molar-refractivity contribution in [1.82, 2.24) is 0 Å². The van der Waals surface area contributed by atoms with E-state index in [0.29, 0.717) is 16.7 Å². The van der Waals surface area contributed by atoms with Crippen LogP contribution in [-0.4, -0.2) is 94.1 Å². The Labute approximate surface area is 349 Å². The summed E-state index contributed by atoms with van der Waals surface area (Å²) in [5.41, 5.74) is 2.74. The number of ether oxygens (including phenoxy) is 5. The highest BCUT2D eigenvalue weighted by Gasteiger charge is 2.50. The van der Waals surface area contributed by atoms with Gasteiger partial charge in [-0.25, -0.2) is 28.0 Å². The average Bonchev–Trinajstić information content (AvgIpc) is 3.65. The number of aliphatic hydroxyl groups is 1. The summed E-state index contributed by atoms with van der Waals surface area (Å²) in [6.45, 7) is 8.35. The lowest BCUT2D eigenvalue weighted by Gasteiger charge is -2.20. The van der Waals surface area contributed by atoms with Crippen molar-refractivity contribution in [3.8, 4) is 0 Å². The summed E-state index contributed by atoms with van der Waals surface area (Å²) < 4.78 is 55.7. The van der Waals surface area contributed by atoms with Crippen molar-refractivity contribution in [3.63, 3.8) is 0 Å². The first-order valence-corrected chi connectivity index (χ1v) is 20.5. The van der Waals surface area contributed by atoms with Crippen molar-refractivity contribution < 1.29 is 61.5 Å². The third-order valence-electron chi connectivity index (χ3n) is 9.19. The standard InChI is InChI=1S/C23H23FO6S.C21H21FO5S/c1-13-4-8-16(9-5-13)21(26)28-12-18-20(19(24)23(31-18)29-15(3)25)30-22(27)17-10-6-14(2)7-11-17;1-12-3-7-14(8-4-12)19(23)26-11-16-18(17(22)21(25)28-16)27-20(24)15-9-5-13(2)6-10-15/h4-11,18-20,23H,12H2,1-3H3;3-10,16-18,21,25H,11H2,1-2H3/t18-,19+,20-,23?;16-,17+,18-,21?/m11/s1. The predicted octanol–water partition coefficient (Wildman–Crippen LogP) is 7.49. The van der Waals surface area contributed by atoms with Gasteiger partial charge < -0.3 is 28.8 Å². The second kappa shape index (κ2) is 20.6. The molecule has 1 N–H and O–H groups in total. The minimum absolute atomic E-state index is 0.180. The van der Waals surface area contributed by atoms with Gasteiger partial charge in [0.25, 0.3) is 0 Å². The van der Waals surface area contributed by atoms with Gasteiger partial charge >= 0.3 is 29.8 Å². The quantitative estimate of drug-likeness (QED) is 0.117. The molecule has 11 nitrogen and oxygen atoms in total. The highest BCUT2D eigenvalue weighted by Crippen LogP contribution is 2.40. The molecule has 4 aromatic rings. The Morgan fingerprint density at radius 2 is 0.831 bits per heavy atom. The number of alkyl halides is 2. The maximum atomic E-state index is 15.0. The van der Waals surface area contributed by atoms with Gasteiger partial charge in [0.2, 0.25) is 0 Å². The summed E-state index contributed by atoms with van der Waals surface area (Å²) in [5, 5.41) is 8.39. The minimum Gasteiger partial charge on any atom is -0.461 e. The van der Waals surface area contributed by atoms with E-state index in [2.05, 4.69) is 0 Å². The molecule has 0 radical (unpaired) electrons. The van der Waals surface area contributed by atoms with Crippen molar-refractivity contribution in [2.45, 2.75) is 80.5 Å². The number of rotatable bonds is 11. The summed E-state index contributed by atoms with van der Waals surface area (Å²) in [4.78, 5) is 60.6. The highest BCUT2D eigenvalue weighted by atomic mass is 32.2. The Hall–Kier alpha value is -5.25. The number of hydrogen-bond donors (Lipinski definition) is 1. The topological polar surface area (TPSA) is 152 Å². The first-order valence-electron chi connectivity index (χ1n) is 18.6. The molecule has 2 saturated heterocycles. The van der Waals surface area contributed by atoms with Gasteiger partial charge in [-0.2, -0.15) is 0 Å². The number of halogens is 2. The fourth-order valence-corrected chi connectivity index (χ4v) is 8.33. The van der Waals surface area contributed by atoms with Gasteiger partial charge in [0, 0.05) is 6.92 Å². The summed E-state index contributed by atoms with van der Waals surface area (Å²) >= 11 is 1.85. The van der Waals surface area contributed by atoms with Crippen molar-refractivity contribution in [3.05, 3.63) is 142 Å². The number of carbonyl (C=O) groups is 5. The second-order valence-electron chi connectivity index (χ2n) is 14.0. The molecule has 6 rings (SSSR count). The van der Waals surface area contributed by atoms with Crippen molar-refractivity contribution in [2.24, 2.45) is 0 Å². The molecule has 0 spiro atoms. The van der Waals surface area contributed by atoms with Crippen molar-refractivity contribution >= 4 is 53.4 Å². The maximum Gasteiger partial charge on any atom is 0.338 e. The molecule has 4 aromatic carbocycles. The Morgan fingerprint density at radius 1 is 0.508 bits per heavy atom. The molecule has 59 heavy (non-hydrogen) atoms. The molecule has 8 atom stereocenters. The van der Waals surface area contributed by atoms with Crippen molar-refractivity contribution in [2.75, 3.05) is 13.2 Å². The van der Waals surface area contributed by atoms with E-state index in [4.69, 9.17) is 23.7 Å². The van der Waals surface area contributed by atoms with E-state index in [9.17, 15) is 37.9 Å². The number of aliphatic hydroxyl groups excluding tert-OH is 1. The molecular weight excluding hydrogens is 807 g/mol. The molecular formula is C44H44F2O11S2. The zero-order valence-electron chi connectivity index (χ0n) is 32.9. The van der Waals surface area contributed by atoms with Crippen LogP contribution >= 0.6 is 23.5 Å². The fraction of sp³-hybridized carbons (Fsp3) is 0.341. The third-order valence-corrected chi connectivity index (χ3v) is 11.9. The minimum atomic E-state index is -1.76. The van der Waals surface area contributed by atoms with E-state index in [0.717, 1.165) is 45.8 Å². The van der Waals surface area contributed by atoms with Crippen LogP contribution in [0.2, 0.25) is 0 Å². The van der Waals surface area contributed by atoms with Crippen LogP contribution in [0.25, 0.3) is 0 Å². The molecule has 2 fully saturated rings. The van der Waals surface area contributed by atoms with Gasteiger partial charge in [0.1, 0.15) is 18.6 Å². The van der Waals surface area contributed by atoms with E-state index in [1.807, 2.05) is 27.7 Å². The average molecular weight is 851 g/mol. The van der Waals surface area contributed by atoms with E-state index in [-0.39, 0.29) is 18.8 Å². The Morgan fingerprint density at radius 3 is 1.19 bits per heavy atom. The zero-order valence-corrected chi connectivity index (χ0v) is 34.5. The summed E-state index contributed by atoms with van der Waals surface area (Å²) in [5.74, 6) is -3.17. The van der Waals surface area contributed by atoms with Crippen LogP contribution in [-0.2, 0) is 28.5 Å². The smallest absolute Gasteiger partial charge is 0.338 e. The Kier molecular flexibility index (Phi) is 15.7. The van der Waals surface area contributed by atoms with Crippen LogP contribution in [0.4, 0.5) is 8.78 Å². The number of carbonyl (C=O) groups excluding carboxylic acids is 5. The van der Waals surface area contributed by atoms with Gasteiger partial charge in [0.05, 0.1) is 32.8 Å². The molecule has 2 heterocycles. The number of thioether (sulfide) groups is 2. The molecule has 0 aliphatic carbocycles. The lowest BCUT2D eigenvalue weighted by Crippen LogP contribution is -2.37. The molecule has 0 saturated carbocycles. The van der Waals surface area contributed by atoms with Crippen LogP contribution in [0.1, 0.15) is 70.6 Å². The van der Waals surface area contributed by atoms with Crippen LogP contribution in [0, 0.1) is 27.7 Å². The Balaban J connectivity index is 0.000000225. The predicted molar refractivity (Wildman–Crippen MR) is 218 cm³/mol. The van der Waals surface area contributed by atoms with Crippen LogP contribution in [0.5, 0.6) is 0 Å². The van der Waals surface area contributed by atoms with E-state index in [1.54, 1.807) is 97.1 Å². The molecule has 0 aromatic heterocycles. The van der Waals surface area contributed by atoms with Crippen LogP contribution in [0.15, 0.2) is 97.1 Å². The van der Waals surface area contributed by atoms with E-state index in [1.165, 1.54) is 6.92 Å². The highest BCUT2D eigenvalue weighted by molar-refractivity contribution is 8.01. The number of aryl methyl sites for hydroxylation is 4. The zero-order chi connectivity index (χ0) is 42.8.